The van der Waals surface area contributed by atoms with Crippen LogP contribution in [0.5, 0.6) is 0 Å². The number of rotatable bonds is 58. The lowest BCUT2D eigenvalue weighted by atomic mass is 10.0. The lowest BCUT2D eigenvalue weighted by molar-refractivity contribution is -0.870. The van der Waals surface area contributed by atoms with E-state index in [0.717, 1.165) is 64.2 Å². The van der Waals surface area contributed by atoms with E-state index in [0.29, 0.717) is 23.9 Å². The minimum Gasteiger partial charge on any atom is -0.391 e. The molecule has 0 aliphatic carbocycles. The van der Waals surface area contributed by atoms with Gasteiger partial charge in [0.2, 0.25) is 5.91 Å². The van der Waals surface area contributed by atoms with Crippen LogP contribution in [0.1, 0.15) is 303 Å². The summed E-state index contributed by atoms with van der Waals surface area (Å²) in [5.41, 5.74) is 0. The van der Waals surface area contributed by atoms with Crippen LogP contribution in [0.15, 0.2) is 48.6 Å². The van der Waals surface area contributed by atoms with Crippen LogP contribution in [-0.4, -0.2) is 73.4 Å². The van der Waals surface area contributed by atoms with Gasteiger partial charge in [0.05, 0.1) is 39.9 Å². The fraction of sp³-hybridized carbons (Fsp3) is 0.859. The van der Waals surface area contributed by atoms with E-state index >= 15 is 0 Å². The number of aliphatic hydroxyl groups excluding tert-OH is 1. The number of phosphoric ester groups is 1. The number of unbranched alkanes of at least 4 members (excludes halogenated alkanes) is 37. The van der Waals surface area contributed by atoms with Gasteiger partial charge in [-0.1, -0.05) is 294 Å². The number of phosphoric acid groups is 1. The molecule has 0 aromatic carbocycles. The lowest BCUT2D eigenvalue weighted by Crippen LogP contribution is -2.46. The Balaban J connectivity index is 4.10. The zero-order chi connectivity index (χ0) is 53.5. The average Bonchev–Trinajstić information content (AvgIpc) is 3.35. The van der Waals surface area contributed by atoms with E-state index in [4.69, 9.17) is 9.05 Å². The Labute approximate surface area is 454 Å². The maximum Gasteiger partial charge on any atom is 0.472 e. The predicted molar refractivity (Wildman–Crippen MR) is 318 cm³/mol. The Morgan fingerprint density at radius 3 is 1.21 bits per heavy atom. The van der Waals surface area contributed by atoms with E-state index < -0.39 is 20.0 Å². The molecule has 0 aliphatic heterocycles. The summed E-state index contributed by atoms with van der Waals surface area (Å²) in [4.78, 5) is 23.4. The molecule has 1 amide bonds. The molecule has 0 spiro atoms. The SMILES string of the molecule is CC/C=C\C/C=C\C/C=C\C/C=C\CCCCCCCCCCCCCCC(=O)NC(COP(=O)(O)OCC[N+](C)(C)C)C(O)CCCCCCCCCCCCCCCCCCCCCCCCCCCC. The Hall–Kier alpha value is -1.54. The van der Waals surface area contributed by atoms with Crippen molar-refractivity contribution in [2.45, 2.75) is 315 Å². The maximum atomic E-state index is 13.0. The van der Waals surface area contributed by atoms with Crippen molar-refractivity contribution >= 4 is 13.7 Å². The van der Waals surface area contributed by atoms with Gasteiger partial charge in [-0.25, -0.2) is 4.57 Å². The fourth-order valence-corrected chi connectivity index (χ4v) is 10.2. The molecule has 0 aromatic heterocycles. The molecule has 0 aromatic rings. The highest BCUT2D eigenvalue weighted by Crippen LogP contribution is 2.43. The number of quaternary nitrogens is 1. The molecular weight excluding hydrogens is 924 g/mol. The summed E-state index contributed by atoms with van der Waals surface area (Å²) in [6.07, 6.45) is 73.2. The summed E-state index contributed by atoms with van der Waals surface area (Å²) in [7, 11) is 1.62. The van der Waals surface area contributed by atoms with Gasteiger partial charge in [0.1, 0.15) is 13.2 Å². The number of nitrogens with zero attached hydrogens (tertiary/aromatic N) is 1. The third kappa shape index (κ3) is 58.0. The molecule has 0 saturated heterocycles. The highest BCUT2D eigenvalue weighted by Gasteiger charge is 2.28. The molecule has 430 valence electrons. The number of hydrogen-bond donors (Lipinski definition) is 3. The second-order valence-corrected chi connectivity index (χ2v) is 24.2. The van der Waals surface area contributed by atoms with Crippen molar-refractivity contribution in [3.8, 4) is 0 Å². The summed E-state index contributed by atoms with van der Waals surface area (Å²) in [5, 5.41) is 14.1. The number of hydrogen-bond acceptors (Lipinski definition) is 5. The maximum absolute atomic E-state index is 13.0. The summed E-state index contributed by atoms with van der Waals surface area (Å²) in [6, 6.07) is -0.764. The lowest BCUT2D eigenvalue weighted by Gasteiger charge is -2.26. The first kappa shape index (κ1) is 71.5. The topological polar surface area (TPSA) is 105 Å². The first-order valence-corrected chi connectivity index (χ1v) is 33.0. The summed E-state index contributed by atoms with van der Waals surface area (Å²) >= 11 is 0. The molecule has 0 heterocycles. The first-order chi connectivity index (χ1) is 35.5. The van der Waals surface area contributed by atoms with Gasteiger partial charge >= 0.3 is 7.82 Å². The van der Waals surface area contributed by atoms with E-state index in [2.05, 4.69) is 67.8 Å². The van der Waals surface area contributed by atoms with Crippen molar-refractivity contribution in [1.29, 1.82) is 0 Å². The normalized spacial score (nSPS) is 14.1. The summed E-state index contributed by atoms with van der Waals surface area (Å²) < 4.78 is 23.8. The Morgan fingerprint density at radius 1 is 0.479 bits per heavy atom. The van der Waals surface area contributed by atoms with Gasteiger partial charge < -0.3 is 19.8 Å². The molecule has 0 aliphatic rings. The number of allylic oxidation sites excluding steroid dienone is 8. The fourth-order valence-electron chi connectivity index (χ4n) is 9.45. The number of carbonyl (C=O) groups is 1. The predicted octanol–water partition coefficient (Wildman–Crippen LogP) is 19.5. The van der Waals surface area contributed by atoms with Crippen LogP contribution >= 0.6 is 7.82 Å². The Kier molecular flexibility index (Phi) is 54.1. The van der Waals surface area contributed by atoms with Crippen molar-refractivity contribution in [3.05, 3.63) is 48.6 Å². The molecule has 73 heavy (non-hydrogen) atoms. The monoisotopic (exact) mass is 1050 g/mol. The van der Waals surface area contributed by atoms with Crippen LogP contribution in [0.3, 0.4) is 0 Å². The van der Waals surface area contributed by atoms with Crippen LogP contribution in [-0.2, 0) is 18.4 Å². The van der Waals surface area contributed by atoms with Crippen molar-refractivity contribution in [2.24, 2.45) is 0 Å². The van der Waals surface area contributed by atoms with Crippen LogP contribution in [0.4, 0.5) is 0 Å². The molecule has 0 saturated carbocycles. The number of amides is 1. The van der Waals surface area contributed by atoms with E-state index in [1.165, 1.54) is 212 Å². The Morgan fingerprint density at radius 2 is 0.822 bits per heavy atom. The van der Waals surface area contributed by atoms with Crippen molar-refractivity contribution < 1.29 is 32.9 Å². The van der Waals surface area contributed by atoms with Gasteiger partial charge in [0.15, 0.2) is 0 Å². The van der Waals surface area contributed by atoms with Gasteiger partial charge in [-0.3, -0.25) is 13.8 Å². The number of nitrogens with one attached hydrogen (secondary N) is 1. The molecule has 0 fully saturated rings. The molecule has 0 rings (SSSR count). The largest absolute Gasteiger partial charge is 0.472 e. The van der Waals surface area contributed by atoms with Gasteiger partial charge in [0, 0.05) is 6.42 Å². The quantitative estimate of drug-likeness (QED) is 0.0243. The highest BCUT2D eigenvalue weighted by molar-refractivity contribution is 7.47. The van der Waals surface area contributed by atoms with Gasteiger partial charge in [0.25, 0.3) is 0 Å². The van der Waals surface area contributed by atoms with Gasteiger partial charge in [-0.2, -0.15) is 0 Å². The zero-order valence-electron chi connectivity index (χ0n) is 49.1. The second-order valence-electron chi connectivity index (χ2n) is 22.8. The minimum atomic E-state index is -4.33. The molecule has 0 bridgehead atoms. The van der Waals surface area contributed by atoms with Gasteiger partial charge in [-0.05, 0) is 51.4 Å². The molecule has 3 atom stereocenters. The van der Waals surface area contributed by atoms with Crippen molar-refractivity contribution in [2.75, 3.05) is 40.9 Å². The van der Waals surface area contributed by atoms with E-state index in [1.807, 2.05) is 21.1 Å². The highest BCUT2D eigenvalue weighted by atomic mass is 31.2. The first-order valence-electron chi connectivity index (χ1n) is 31.5. The zero-order valence-corrected chi connectivity index (χ0v) is 50.0. The molecule has 3 N–H and O–H groups in total. The summed E-state index contributed by atoms with van der Waals surface area (Å²) in [6.45, 7) is 4.81. The van der Waals surface area contributed by atoms with Crippen LogP contribution in [0.25, 0.3) is 0 Å². The molecule has 3 unspecified atom stereocenters. The minimum absolute atomic E-state index is 0.0741. The summed E-state index contributed by atoms with van der Waals surface area (Å²) in [5.74, 6) is -0.144. The number of likely N-dealkylation sites (N-methyl/N-ethyl adjacent to an activating group) is 1. The van der Waals surface area contributed by atoms with E-state index in [-0.39, 0.29) is 19.1 Å². The van der Waals surface area contributed by atoms with Gasteiger partial charge in [-0.15, -0.1) is 0 Å². The smallest absolute Gasteiger partial charge is 0.391 e. The standard InChI is InChI=1S/C64H123N2O6P/c1-6-8-10-12-14-16-18-20-22-24-26-28-30-32-34-35-37-39-41-43-45-47-49-51-53-55-57-63(67)62(61-72-73(69,70)71-60-59-66(3,4)5)65-64(68)58-56-54-52-50-48-46-44-42-40-38-36-33-31-29-27-25-23-21-19-17-15-13-11-9-7-2/h9,11,15,17,21,23,27,29,62-63,67H,6-8,10,12-14,16,18-20,22,24-26,28,30-61H2,1-5H3,(H-,65,68,69,70)/p+1/b11-9-,17-15-,23-21-,29-27-. The molecular formula is C64H124N2O6P+. The van der Waals surface area contributed by atoms with E-state index in [1.54, 1.807) is 0 Å². The number of carbonyl (C=O) groups excluding carboxylic acids is 1. The second kappa shape index (κ2) is 55.2. The third-order valence-corrected chi connectivity index (χ3v) is 15.3. The molecule has 9 heteroatoms. The van der Waals surface area contributed by atoms with Crippen LogP contribution in [0, 0.1) is 0 Å². The third-order valence-electron chi connectivity index (χ3n) is 14.3. The van der Waals surface area contributed by atoms with E-state index in [9.17, 15) is 19.4 Å². The number of aliphatic hydroxyl groups is 1. The average molecular weight is 1050 g/mol. The van der Waals surface area contributed by atoms with Crippen LogP contribution < -0.4 is 5.32 Å². The van der Waals surface area contributed by atoms with Crippen molar-refractivity contribution in [1.82, 2.24) is 5.32 Å². The molecule has 8 nitrogen and oxygen atoms in total. The molecule has 0 radical (unpaired) electrons. The Bertz CT molecular complexity index is 1330. The van der Waals surface area contributed by atoms with Crippen molar-refractivity contribution in [3.63, 3.8) is 0 Å². The van der Waals surface area contributed by atoms with Crippen LogP contribution in [0.2, 0.25) is 0 Å².